The van der Waals surface area contributed by atoms with Crippen LogP contribution in [-0.4, -0.2) is 20.9 Å². The molecule has 0 saturated carbocycles. The van der Waals surface area contributed by atoms with Crippen molar-refractivity contribution in [3.63, 3.8) is 0 Å². The molecular formula is C11H9BrN4O. The van der Waals surface area contributed by atoms with Crippen LogP contribution in [0, 0.1) is 0 Å². The maximum absolute atomic E-state index is 11.8. The number of amides is 1. The molecule has 1 amide bonds. The molecule has 6 heteroatoms. The highest BCUT2D eigenvalue weighted by molar-refractivity contribution is 9.10. The topological polar surface area (TPSA) is 67.8 Å². The Hall–Kier alpha value is -1.82. The number of pyridine rings is 1. The highest BCUT2D eigenvalue weighted by Crippen LogP contribution is 2.09. The van der Waals surface area contributed by atoms with Crippen molar-refractivity contribution in [2.24, 2.45) is 0 Å². The molecule has 0 spiro atoms. The van der Waals surface area contributed by atoms with Crippen molar-refractivity contribution in [3.05, 3.63) is 52.8 Å². The van der Waals surface area contributed by atoms with Gasteiger partial charge in [0.25, 0.3) is 5.91 Å². The van der Waals surface area contributed by atoms with Gasteiger partial charge in [-0.3, -0.25) is 9.78 Å². The molecule has 0 saturated heterocycles. The van der Waals surface area contributed by atoms with Crippen molar-refractivity contribution < 1.29 is 4.79 Å². The number of aromatic nitrogens is 3. The van der Waals surface area contributed by atoms with Crippen LogP contribution >= 0.6 is 15.9 Å². The molecule has 2 aromatic heterocycles. The van der Waals surface area contributed by atoms with Crippen molar-refractivity contribution >= 4 is 21.8 Å². The summed E-state index contributed by atoms with van der Waals surface area (Å²) in [5, 5.41) is 2.75. The molecule has 0 fully saturated rings. The highest BCUT2D eigenvalue weighted by atomic mass is 79.9. The van der Waals surface area contributed by atoms with Gasteiger partial charge < -0.3 is 5.32 Å². The molecule has 5 nitrogen and oxygen atoms in total. The summed E-state index contributed by atoms with van der Waals surface area (Å²) in [6.07, 6.45) is 6.22. The summed E-state index contributed by atoms with van der Waals surface area (Å²) in [5.74, 6) is -0.183. The number of nitrogens with one attached hydrogen (secondary N) is 1. The van der Waals surface area contributed by atoms with Crippen LogP contribution in [0.2, 0.25) is 0 Å². The molecule has 0 atom stereocenters. The van der Waals surface area contributed by atoms with Crippen LogP contribution in [0.5, 0.6) is 0 Å². The molecular weight excluding hydrogens is 284 g/mol. The Morgan fingerprint density at radius 3 is 2.94 bits per heavy atom. The second-order valence-electron chi connectivity index (χ2n) is 3.28. The third kappa shape index (κ3) is 3.32. The summed E-state index contributed by atoms with van der Waals surface area (Å²) in [5.41, 5.74) is 1.27. The first-order chi connectivity index (χ1) is 8.25. The molecule has 1 N–H and O–H groups in total. The molecule has 0 aliphatic carbocycles. The fourth-order valence-corrected chi connectivity index (χ4v) is 1.60. The van der Waals surface area contributed by atoms with Gasteiger partial charge in [-0.25, -0.2) is 9.97 Å². The van der Waals surface area contributed by atoms with E-state index in [0.717, 1.165) is 10.2 Å². The summed E-state index contributed by atoms with van der Waals surface area (Å²) in [6, 6.07) is 3.46. The molecule has 0 bridgehead atoms. The van der Waals surface area contributed by atoms with E-state index in [2.05, 4.69) is 36.2 Å². The Labute approximate surface area is 106 Å². The molecule has 0 aliphatic rings. The lowest BCUT2D eigenvalue weighted by Gasteiger charge is -2.04. The molecule has 0 unspecified atom stereocenters. The van der Waals surface area contributed by atoms with Crippen LogP contribution < -0.4 is 5.32 Å². The SMILES string of the molecule is O=C(NCc1ccncn1)c1cncc(Br)c1. The Morgan fingerprint density at radius 2 is 2.24 bits per heavy atom. The molecule has 86 valence electrons. The van der Waals surface area contributed by atoms with Crippen LogP contribution in [0.4, 0.5) is 0 Å². The zero-order valence-electron chi connectivity index (χ0n) is 8.80. The summed E-state index contributed by atoms with van der Waals surface area (Å²) in [7, 11) is 0. The average Bonchev–Trinajstić information content (AvgIpc) is 2.37. The van der Waals surface area contributed by atoms with E-state index in [4.69, 9.17) is 0 Å². The number of halogens is 1. The first-order valence-corrected chi connectivity index (χ1v) is 5.68. The van der Waals surface area contributed by atoms with Gasteiger partial charge in [0.2, 0.25) is 0 Å². The fourth-order valence-electron chi connectivity index (χ4n) is 1.23. The lowest BCUT2D eigenvalue weighted by Crippen LogP contribution is -2.23. The van der Waals surface area contributed by atoms with E-state index in [9.17, 15) is 4.79 Å². The Bertz CT molecular complexity index is 518. The van der Waals surface area contributed by atoms with Crippen LogP contribution in [0.15, 0.2) is 41.5 Å². The Balaban J connectivity index is 1.98. The van der Waals surface area contributed by atoms with Gasteiger partial charge in [0.1, 0.15) is 6.33 Å². The fraction of sp³-hybridized carbons (Fsp3) is 0.0909. The molecule has 17 heavy (non-hydrogen) atoms. The van der Waals surface area contributed by atoms with Crippen LogP contribution in [0.1, 0.15) is 16.1 Å². The first-order valence-electron chi connectivity index (χ1n) is 4.89. The van der Waals surface area contributed by atoms with Crippen LogP contribution in [0.25, 0.3) is 0 Å². The lowest BCUT2D eigenvalue weighted by molar-refractivity contribution is 0.0950. The molecule has 0 aliphatic heterocycles. The molecule has 2 rings (SSSR count). The summed E-state index contributed by atoms with van der Waals surface area (Å²) in [6.45, 7) is 0.369. The second-order valence-corrected chi connectivity index (χ2v) is 4.19. The van der Waals surface area contributed by atoms with E-state index in [-0.39, 0.29) is 5.91 Å². The van der Waals surface area contributed by atoms with E-state index < -0.39 is 0 Å². The summed E-state index contributed by atoms with van der Waals surface area (Å²) < 4.78 is 0.771. The summed E-state index contributed by atoms with van der Waals surface area (Å²) >= 11 is 3.26. The van der Waals surface area contributed by atoms with Gasteiger partial charge in [0.15, 0.2) is 0 Å². The quantitative estimate of drug-likeness (QED) is 0.932. The van der Waals surface area contributed by atoms with Gasteiger partial charge in [0, 0.05) is 23.1 Å². The van der Waals surface area contributed by atoms with Crippen LogP contribution in [-0.2, 0) is 6.54 Å². The van der Waals surface area contributed by atoms with E-state index in [1.807, 2.05) is 0 Å². The number of carbonyl (C=O) groups is 1. The van der Waals surface area contributed by atoms with Gasteiger partial charge in [0.05, 0.1) is 17.8 Å². The Morgan fingerprint density at radius 1 is 1.35 bits per heavy atom. The smallest absolute Gasteiger partial charge is 0.253 e. The second kappa shape index (κ2) is 5.49. The van der Waals surface area contributed by atoms with Crippen molar-refractivity contribution in [1.82, 2.24) is 20.3 Å². The van der Waals surface area contributed by atoms with Gasteiger partial charge in [-0.05, 0) is 28.1 Å². The van der Waals surface area contributed by atoms with E-state index >= 15 is 0 Å². The predicted molar refractivity (Wildman–Crippen MR) is 65.1 cm³/mol. The van der Waals surface area contributed by atoms with E-state index in [0.29, 0.717) is 12.1 Å². The number of carbonyl (C=O) groups excluding carboxylic acids is 1. The zero-order valence-corrected chi connectivity index (χ0v) is 10.4. The monoisotopic (exact) mass is 292 g/mol. The number of hydrogen-bond donors (Lipinski definition) is 1. The first kappa shape index (κ1) is 11.7. The third-order valence-corrected chi connectivity index (χ3v) is 2.47. The summed E-state index contributed by atoms with van der Waals surface area (Å²) in [4.78, 5) is 23.5. The molecule has 0 aromatic carbocycles. The van der Waals surface area contributed by atoms with Gasteiger partial charge >= 0.3 is 0 Å². The standard InChI is InChI=1S/C11H9BrN4O/c12-9-3-8(4-14-5-9)11(17)15-6-10-1-2-13-7-16-10/h1-5,7H,6H2,(H,15,17). The largest absolute Gasteiger partial charge is 0.346 e. The molecule has 2 aromatic rings. The molecule has 2 heterocycles. The van der Waals surface area contributed by atoms with Gasteiger partial charge in [-0.2, -0.15) is 0 Å². The number of rotatable bonds is 3. The van der Waals surface area contributed by atoms with Crippen molar-refractivity contribution in [2.45, 2.75) is 6.54 Å². The van der Waals surface area contributed by atoms with Gasteiger partial charge in [-0.1, -0.05) is 0 Å². The normalized spacial score (nSPS) is 9.94. The minimum Gasteiger partial charge on any atom is -0.346 e. The van der Waals surface area contributed by atoms with Gasteiger partial charge in [-0.15, -0.1) is 0 Å². The Kier molecular flexibility index (Phi) is 3.77. The predicted octanol–water partition coefficient (Wildman–Crippen LogP) is 1.56. The maximum Gasteiger partial charge on any atom is 0.253 e. The number of nitrogens with zero attached hydrogens (tertiary/aromatic N) is 3. The van der Waals surface area contributed by atoms with E-state index in [1.165, 1.54) is 12.5 Å². The minimum atomic E-state index is -0.183. The van der Waals surface area contributed by atoms with Crippen molar-refractivity contribution in [1.29, 1.82) is 0 Å². The number of hydrogen-bond acceptors (Lipinski definition) is 4. The molecule has 0 radical (unpaired) electrons. The lowest BCUT2D eigenvalue weighted by atomic mass is 10.2. The zero-order chi connectivity index (χ0) is 12.1. The maximum atomic E-state index is 11.8. The van der Waals surface area contributed by atoms with Crippen LogP contribution in [0.3, 0.4) is 0 Å². The third-order valence-electron chi connectivity index (χ3n) is 2.04. The van der Waals surface area contributed by atoms with Crippen molar-refractivity contribution in [2.75, 3.05) is 0 Å². The van der Waals surface area contributed by atoms with Crippen molar-refractivity contribution in [3.8, 4) is 0 Å². The minimum absolute atomic E-state index is 0.183. The highest BCUT2D eigenvalue weighted by Gasteiger charge is 2.06. The average molecular weight is 293 g/mol. The van der Waals surface area contributed by atoms with E-state index in [1.54, 1.807) is 24.5 Å².